The SMILES string of the molecule is CC(=O)[O-].OC[NH+]1CCCC1. The van der Waals surface area contributed by atoms with Gasteiger partial charge in [0.25, 0.3) is 0 Å². The zero-order valence-corrected chi connectivity index (χ0v) is 6.80. The molecule has 0 aromatic carbocycles. The molecule has 4 heteroatoms. The first-order valence-electron chi connectivity index (χ1n) is 3.79. The molecule has 0 atom stereocenters. The number of carboxylic acids is 1. The summed E-state index contributed by atoms with van der Waals surface area (Å²) in [6.07, 6.45) is 2.60. The van der Waals surface area contributed by atoms with E-state index in [1.165, 1.54) is 30.8 Å². The largest absolute Gasteiger partial charge is 0.550 e. The summed E-state index contributed by atoms with van der Waals surface area (Å²) in [5.41, 5.74) is 0. The second-order valence-electron chi connectivity index (χ2n) is 2.61. The number of nitrogens with one attached hydrogen (secondary N) is 1. The number of aliphatic hydroxyl groups is 1. The topological polar surface area (TPSA) is 64.8 Å². The maximum atomic E-state index is 8.89. The minimum atomic E-state index is -1.08. The molecule has 0 amide bonds. The lowest BCUT2D eigenvalue weighted by atomic mass is 10.4. The molecule has 0 bridgehead atoms. The van der Waals surface area contributed by atoms with Crippen molar-refractivity contribution in [2.45, 2.75) is 19.8 Å². The molecule has 1 fully saturated rings. The van der Waals surface area contributed by atoms with Crippen LogP contribution in [0.2, 0.25) is 0 Å². The molecule has 2 N–H and O–H groups in total. The third-order valence-corrected chi connectivity index (χ3v) is 1.53. The Hall–Kier alpha value is -0.610. The van der Waals surface area contributed by atoms with E-state index >= 15 is 0 Å². The van der Waals surface area contributed by atoms with Crippen LogP contribution in [0.1, 0.15) is 19.8 Å². The van der Waals surface area contributed by atoms with E-state index < -0.39 is 5.97 Å². The minimum Gasteiger partial charge on any atom is -0.550 e. The van der Waals surface area contributed by atoms with Gasteiger partial charge in [0, 0.05) is 18.8 Å². The lowest BCUT2D eigenvalue weighted by molar-refractivity contribution is -0.906. The third-order valence-electron chi connectivity index (χ3n) is 1.53. The van der Waals surface area contributed by atoms with Crippen molar-refractivity contribution in [2.24, 2.45) is 0 Å². The molecule has 0 aliphatic carbocycles. The highest BCUT2D eigenvalue weighted by Gasteiger charge is 2.11. The Morgan fingerprint density at radius 3 is 2.09 bits per heavy atom. The first-order valence-corrected chi connectivity index (χ1v) is 3.79. The summed E-state index contributed by atoms with van der Waals surface area (Å²) >= 11 is 0. The van der Waals surface area contributed by atoms with Crippen molar-refractivity contribution in [3.63, 3.8) is 0 Å². The molecule has 0 aromatic rings. The lowest BCUT2D eigenvalue weighted by Gasteiger charge is -2.04. The standard InChI is InChI=1S/C5H11NO.C2H4O2/c7-5-6-3-1-2-4-6;1-2(3)4/h7H,1-5H2;1H3,(H,3,4). The second-order valence-corrected chi connectivity index (χ2v) is 2.61. The van der Waals surface area contributed by atoms with Crippen molar-refractivity contribution < 1.29 is 19.9 Å². The number of carbonyl (C=O) groups is 1. The first kappa shape index (κ1) is 10.4. The van der Waals surface area contributed by atoms with E-state index in [-0.39, 0.29) is 0 Å². The normalized spacial score (nSPS) is 17.3. The van der Waals surface area contributed by atoms with E-state index in [0.717, 1.165) is 6.92 Å². The molecule has 1 rings (SSSR count). The Balaban J connectivity index is 0.000000218. The molecule has 1 heterocycles. The maximum Gasteiger partial charge on any atom is 0.178 e. The molecule has 66 valence electrons. The summed E-state index contributed by atoms with van der Waals surface area (Å²) in [7, 11) is 0. The zero-order valence-electron chi connectivity index (χ0n) is 6.80. The van der Waals surface area contributed by atoms with Crippen LogP contribution in [0, 0.1) is 0 Å². The molecule has 11 heavy (non-hydrogen) atoms. The highest BCUT2D eigenvalue weighted by atomic mass is 16.4. The van der Waals surface area contributed by atoms with Gasteiger partial charge in [0.05, 0.1) is 13.1 Å². The van der Waals surface area contributed by atoms with Gasteiger partial charge in [-0.1, -0.05) is 0 Å². The van der Waals surface area contributed by atoms with Crippen molar-refractivity contribution in [2.75, 3.05) is 19.8 Å². The summed E-state index contributed by atoms with van der Waals surface area (Å²) in [5, 5.41) is 17.4. The van der Waals surface area contributed by atoms with Crippen LogP contribution >= 0.6 is 0 Å². The van der Waals surface area contributed by atoms with Crippen molar-refractivity contribution in [1.82, 2.24) is 0 Å². The summed E-state index contributed by atoms with van der Waals surface area (Å²) < 4.78 is 0. The van der Waals surface area contributed by atoms with Crippen LogP contribution in [-0.4, -0.2) is 30.9 Å². The molecule has 1 aliphatic rings. The van der Waals surface area contributed by atoms with Gasteiger partial charge in [-0.25, -0.2) is 0 Å². The number of aliphatic carboxylic acids is 1. The number of carboxylic acid groups (broad SMARTS) is 1. The summed E-state index contributed by atoms with van der Waals surface area (Å²) in [6, 6.07) is 0. The number of quaternary nitrogens is 1. The predicted molar refractivity (Wildman–Crippen MR) is 37.7 cm³/mol. The van der Waals surface area contributed by atoms with Crippen LogP contribution < -0.4 is 10.0 Å². The summed E-state index contributed by atoms with van der Waals surface area (Å²) in [5.74, 6) is -1.08. The fourth-order valence-corrected chi connectivity index (χ4v) is 1.03. The van der Waals surface area contributed by atoms with E-state index in [1.54, 1.807) is 0 Å². The fourth-order valence-electron chi connectivity index (χ4n) is 1.03. The van der Waals surface area contributed by atoms with Crippen molar-refractivity contribution in [3.05, 3.63) is 0 Å². The first-order chi connectivity index (χ1) is 5.16. The second kappa shape index (κ2) is 6.12. The number of aliphatic hydroxyl groups excluding tert-OH is 1. The number of rotatable bonds is 1. The van der Waals surface area contributed by atoms with E-state index in [9.17, 15) is 0 Å². The van der Waals surface area contributed by atoms with Gasteiger partial charge in [0.2, 0.25) is 0 Å². The Morgan fingerprint density at radius 2 is 1.91 bits per heavy atom. The van der Waals surface area contributed by atoms with Crippen LogP contribution in [-0.2, 0) is 4.79 Å². The summed E-state index contributed by atoms with van der Waals surface area (Å²) in [6.45, 7) is 3.66. The number of likely N-dealkylation sites (tertiary alicyclic amines) is 1. The van der Waals surface area contributed by atoms with Crippen LogP contribution in [0.3, 0.4) is 0 Å². The van der Waals surface area contributed by atoms with Crippen molar-refractivity contribution in [1.29, 1.82) is 0 Å². The molecular formula is C7H15NO3. The van der Waals surface area contributed by atoms with E-state index in [1.807, 2.05) is 0 Å². The number of hydrogen-bond donors (Lipinski definition) is 2. The van der Waals surface area contributed by atoms with Crippen LogP contribution in [0.5, 0.6) is 0 Å². The average Bonchev–Trinajstić information content (AvgIpc) is 2.36. The number of hydrogen-bond acceptors (Lipinski definition) is 3. The highest BCUT2D eigenvalue weighted by Crippen LogP contribution is 1.85. The Morgan fingerprint density at radius 1 is 1.55 bits per heavy atom. The lowest BCUT2D eigenvalue weighted by Crippen LogP contribution is -3.10. The van der Waals surface area contributed by atoms with E-state index in [4.69, 9.17) is 15.0 Å². The summed E-state index contributed by atoms with van der Waals surface area (Å²) in [4.78, 5) is 10.2. The zero-order chi connectivity index (χ0) is 8.69. The Labute approximate surface area is 66.4 Å². The van der Waals surface area contributed by atoms with Crippen molar-refractivity contribution in [3.8, 4) is 0 Å². The quantitative estimate of drug-likeness (QED) is 0.442. The van der Waals surface area contributed by atoms with Gasteiger partial charge in [-0.2, -0.15) is 0 Å². The van der Waals surface area contributed by atoms with E-state index in [0.29, 0.717) is 6.73 Å². The van der Waals surface area contributed by atoms with Crippen molar-refractivity contribution >= 4 is 5.97 Å². The molecular weight excluding hydrogens is 146 g/mol. The van der Waals surface area contributed by atoms with E-state index in [2.05, 4.69) is 0 Å². The molecule has 0 radical (unpaired) electrons. The third kappa shape index (κ3) is 7.29. The fraction of sp³-hybridized carbons (Fsp3) is 0.857. The minimum absolute atomic E-state index is 0.333. The van der Waals surface area contributed by atoms with Crippen LogP contribution in [0.4, 0.5) is 0 Å². The highest BCUT2D eigenvalue weighted by molar-refractivity contribution is 5.60. The average molecular weight is 161 g/mol. The molecule has 4 nitrogen and oxygen atoms in total. The molecule has 0 unspecified atom stereocenters. The Kier molecular flexibility index (Phi) is 5.78. The molecule has 1 aliphatic heterocycles. The monoisotopic (exact) mass is 161 g/mol. The molecule has 0 spiro atoms. The predicted octanol–water partition coefficient (Wildman–Crippen LogP) is -2.63. The molecule has 0 aromatic heterocycles. The maximum absolute atomic E-state index is 8.89. The van der Waals surface area contributed by atoms with Crippen LogP contribution in [0.25, 0.3) is 0 Å². The van der Waals surface area contributed by atoms with Gasteiger partial charge in [-0.3, -0.25) is 0 Å². The van der Waals surface area contributed by atoms with Gasteiger partial charge < -0.3 is 19.9 Å². The molecule has 0 saturated carbocycles. The van der Waals surface area contributed by atoms with Gasteiger partial charge in [-0.05, 0) is 6.92 Å². The molecule has 1 saturated heterocycles. The number of carbonyl (C=O) groups excluding carboxylic acids is 1. The van der Waals surface area contributed by atoms with Gasteiger partial charge in [0.1, 0.15) is 0 Å². The van der Waals surface area contributed by atoms with Crippen LogP contribution in [0.15, 0.2) is 0 Å². The van der Waals surface area contributed by atoms with Gasteiger partial charge in [0.15, 0.2) is 6.73 Å². The van der Waals surface area contributed by atoms with Gasteiger partial charge >= 0.3 is 0 Å². The smallest absolute Gasteiger partial charge is 0.178 e. The van der Waals surface area contributed by atoms with Gasteiger partial charge in [-0.15, -0.1) is 0 Å². The Bertz CT molecular complexity index is 106.